The van der Waals surface area contributed by atoms with Crippen LogP contribution in [-0.4, -0.2) is 19.2 Å². The van der Waals surface area contributed by atoms with Gasteiger partial charge >= 0.3 is 43.4 Å². The molecule has 0 aromatic rings. The molecule has 0 saturated carbocycles. The molecule has 0 fully saturated rings. The summed E-state index contributed by atoms with van der Waals surface area (Å²) in [4.78, 5) is 20.4. The van der Waals surface area contributed by atoms with Gasteiger partial charge in [-0.05, 0) is 6.92 Å². The SMILES string of the molecule is C=C(C)C(=O)OCCOP(=O)([O-])F.[Na+]. The van der Waals surface area contributed by atoms with Gasteiger partial charge in [-0.2, -0.15) is 4.20 Å². The summed E-state index contributed by atoms with van der Waals surface area (Å²) in [5.74, 6) is -0.678. The summed E-state index contributed by atoms with van der Waals surface area (Å²) >= 11 is 0. The van der Waals surface area contributed by atoms with Crippen molar-refractivity contribution < 1.29 is 57.3 Å². The van der Waals surface area contributed by atoms with E-state index in [1.165, 1.54) is 6.92 Å². The molecule has 0 bridgehead atoms. The summed E-state index contributed by atoms with van der Waals surface area (Å²) in [7, 11) is -5.21. The first-order valence-electron chi connectivity index (χ1n) is 3.31. The standard InChI is InChI=1S/C6H10FO5P.Na/c1-5(2)6(8)11-3-4-12-13(7,9)10;/h1,3-4H2,2H3,(H,9,10);/q;+1/p-1. The number of hydrogen-bond donors (Lipinski definition) is 0. The Kier molecular flexibility index (Phi) is 9.03. The number of esters is 1. The molecule has 0 aliphatic carbocycles. The van der Waals surface area contributed by atoms with Crippen molar-refractivity contribution >= 4 is 13.9 Å². The van der Waals surface area contributed by atoms with Crippen LogP contribution in [0, 0.1) is 0 Å². The second-order valence-corrected chi connectivity index (χ2v) is 3.30. The summed E-state index contributed by atoms with van der Waals surface area (Å²) < 4.78 is 29.6. The van der Waals surface area contributed by atoms with Crippen molar-refractivity contribution in [3.8, 4) is 0 Å². The second kappa shape index (κ2) is 7.56. The number of ether oxygens (including phenoxy) is 1. The van der Waals surface area contributed by atoms with E-state index in [0.29, 0.717) is 0 Å². The molecule has 0 aliphatic heterocycles. The Labute approximate surface area is 103 Å². The zero-order valence-electron chi connectivity index (χ0n) is 7.99. The van der Waals surface area contributed by atoms with Gasteiger partial charge in [0.25, 0.3) is 0 Å². The molecule has 0 rings (SSSR count). The van der Waals surface area contributed by atoms with Crippen LogP contribution in [0.3, 0.4) is 0 Å². The van der Waals surface area contributed by atoms with Gasteiger partial charge in [-0.1, -0.05) is 6.58 Å². The topological polar surface area (TPSA) is 75.7 Å². The maximum atomic E-state index is 11.7. The van der Waals surface area contributed by atoms with Crippen molar-refractivity contribution in [1.29, 1.82) is 0 Å². The molecular formula is C6H9FNaO5P. The van der Waals surface area contributed by atoms with Crippen LogP contribution in [0.2, 0.25) is 0 Å². The molecule has 0 aromatic carbocycles. The zero-order chi connectivity index (χ0) is 10.5. The number of hydrogen-bond acceptors (Lipinski definition) is 5. The Bertz CT molecular complexity index is 251. The molecule has 0 heterocycles. The molecule has 8 heteroatoms. The van der Waals surface area contributed by atoms with Crippen LogP contribution >= 0.6 is 7.91 Å². The number of carbonyl (C=O) groups is 1. The summed E-state index contributed by atoms with van der Waals surface area (Å²) in [5.41, 5.74) is 0.172. The molecule has 1 atom stereocenters. The van der Waals surface area contributed by atoms with Crippen molar-refractivity contribution in [3.05, 3.63) is 12.2 Å². The predicted octanol–water partition coefficient (Wildman–Crippen LogP) is -2.44. The van der Waals surface area contributed by atoms with E-state index in [1.807, 2.05) is 0 Å². The minimum absolute atomic E-state index is 0. The maximum absolute atomic E-state index is 11.7. The van der Waals surface area contributed by atoms with Gasteiger partial charge < -0.3 is 14.2 Å². The molecule has 14 heavy (non-hydrogen) atoms. The molecule has 0 saturated heterocycles. The average Bonchev–Trinajstić information content (AvgIpc) is 1.95. The third-order valence-corrected chi connectivity index (χ3v) is 1.40. The average molecular weight is 234 g/mol. The van der Waals surface area contributed by atoms with Crippen LogP contribution in [0.1, 0.15) is 6.92 Å². The van der Waals surface area contributed by atoms with Gasteiger partial charge in [-0.3, -0.25) is 4.57 Å². The van der Waals surface area contributed by atoms with Crippen molar-refractivity contribution in [3.63, 3.8) is 0 Å². The smallest absolute Gasteiger partial charge is 0.753 e. The first kappa shape index (κ1) is 16.7. The Morgan fingerprint density at radius 2 is 2.07 bits per heavy atom. The molecule has 0 N–H and O–H groups in total. The van der Waals surface area contributed by atoms with Crippen molar-refractivity contribution in [2.45, 2.75) is 6.92 Å². The fourth-order valence-corrected chi connectivity index (χ4v) is 0.696. The van der Waals surface area contributed by atoms with Crippen LogP contribution in [0.5, 0.6) is 0 Å². The Morgan fingerprint density at radius 3 is 2.43 bits per heavy atom. The molecule has 5 nitrogen and oxygen atoms in total. The first-order valence-corrected chi connectivity index (χ1v) is 4.74. The van der Waals surface area contributed by atoms with E-state index in [4.69, 9.17) is 0 Å². The fraction of sp³-hybridized carbons (Fsp3) is 0.500. The third kappa shape index (κ3) is 10.4. The Hall–Kier alpha value is 0.290. The van der Waals surface area contributed by atoms with Gasteiger partial charge in [0, 0.05) is 5.57 Å². The summed E-state index contributed by atoms with van der Waals surface area (Å²) in [6, 6.07) is 0. The molecule has 0 amide bonds. The number of rotatable bonds is 5. The Balaban J connectivity index is 0. The molecule has 0 spiro atoms. The summed E-state index contributed by atoms with van der Waals surface area (Å²) in [6.45, 7) is 3.84. The number of halogens is 1. The fourth-order valence-electron chi connectivity index (χ4n) is 0.404. The largest absolute Gasteiger partial charge is 1.00 e. The van der Waals surface area contributed by atoms with Gasteiger partial charge in [0.1, 0.15) is 6.61 Å². The summed E-state index contributed by atoms with van der Waals surface area (Å²) in [5, 5.41) is 0. The van der Waals surface area contributed by atoms with E-state index >= 15 is 0 Å². The molecule has 0 radical (unpaired) electrons. The van der Waals surface area contributed by atoms with E-state index in [-0.39, 0.29) is 41.7 Å². The van der Waals surface area contributed by atoms with Gasteiger partial charge in [0.05, 0.1) is 6.61 Å². The molecule has 76 valence electrons. The molecular weight excluding hydrogens is 225 g/mol. The zero-order valence-corrected chi connectivity index (χ0v) is 10.9. The monoisotopic (exact) mass is 234 g/mol. The summed E-state index contributed by atoms with van der Waals surface area (Å²) in [6.07, 6.45) is 0. The van der Waals surface area contributed by atoms with Crippen molar-refractivity contribution in [1.82, 2.24) is 0 Å². The van der Waals surface area contributed by atoms with E-state index in [0.717, 1.165) is 0 Å². The van der Waals surface area contributed by atoms with E-state index < -0.39 is 20.5 Å². The Morgan fingerprint density at radius 1 is 1.57 bits per heavy atom. The van der Waals surface area contributed by atoms with Crippen LogP contribution in [0.4, 0.5) is 4.20 Å². The van der Waals surface area contributed by atoms with Crippen LogP contribution in [0.15, 0.2) is 12.2 Å². The van der Waals surface area contributed by atoms with Crippen LogP contribution in [-0.2, 0) is 18.6 Å². The van der Waals surface area contributed by atoms with Gasteiger partial charge in [-0.25, -0.2) is 4.79 Å². The maximum Gasteiger partial charge on any atom is 1.00 e. The minimum Gasteiger partial charge on any atom is -0.753 e. The van der Waals surface area contributed by atoms with Gasteiger partial charge in [0.2, 0.25) is 0 Å². The van der Waals surface area contributed by atoms with Crippen molar-refractivity contribution in [2.24, 2.45) is 0 Å². The van der Waals surface area contributed by atoms with E-state index in [2.05, 4.69) is 15.8 Å². The van der Waals surface area contributed by atoms with E-state index in [9.17, 15) is 18.4 Å². The second-order valence-electron chi connectivity index (χ2n) is 2.18. The van der Waals surface area contributed by atoms with Crippen molar-refractivity contribution in [2.75, 3.05) is 13.2 Å². The minimum atomic E-state index is -5.21. The van der Waals surface area contributed by atoms with Crippen LogP contribution in [0.25, 0.3) is 0 Å². The normalized spacial score (nSPS) is 13.6. The first-order chi connectivity index (χ1) is 5.83. The van der Waals surface area contributed by atoms with Gasteiger partial charge in [-0.15, -0.1) is 0 Å². The quantitative estimate of drug-likeness (QED) is 0.174. The molecule has 0 aromatic heterocycles. The number of carbonyl (C=O) groups excluding carboxylic acids is 1. The molecule has 0 aliphatic rings. The van der Waals surface area contributed by atoms with Crippen LogP contribution < -0.4 is 34.5 Å². The van der Waals surface area contributed by atoms with E-state index in [1.54, 1.807) is 0 Å². The van der Waals surface area contributed by atoms with Gasteiger partial charge in [0.15, 0.2) is 0 Å². The molecule has 1 unspecified atom stereocenters. The third-order valence-electron chi connectivity index (χ3n) is 0.910. The predicted molar refractivity (Wildman–Crippen MR) is 40.4 cm³/mol.